The number of aromatic nitrogens is 2. The molecule has 20 heavy (non-hydrogen) atoms. The van der Waals surface area contributed by atoms with Gasteiger partial charge in [-0.05, 0) is 54.0 Å². The fourth-order valence-corrected chi connectivity index (χ4v) is 2.72. The molecule has 2 aromatic heterocycles. The first-order chi connectivity index (χ1) is 9.72. The van der Waals surface area contributed by atoms with Crippen molar-refractivity contribution in [3.05, 3.63) is 22.6 Å². The van der Waals surface area contributed by atoms with Crippen LogP contribution in [0.25, 0.3) is 11.7 Å². The Labute approximate surface area is 125 Å². The van der Waals surface area contributed by atoms with E-state index in [1.54, 1.807) is 12.1 Å². The number of nitrogens with two attached hydrogens (primary N) is 1. The summed E-state index contributed by atoms with van der Waals surface area (Å²) >= 11 is 3.24. The molecule has 1 aliphatic heterocycles. The molecule has 1 atom stereocenters. The first-order valence-corrected chi connectivity index (χ1v) is 7.59. The van der Waals surface area contributed by atoms with Crippen LogP contribution in [0.15, 0.2) is 25.7 Å². The number of halogens is 1. The molecule has 0 radical (unpaired) electrons. The highest BCUT2D eigenvalue weighted by Gasteiger charge is 2.20. The highest BCUT2D eigenvalue weighted by molar-refractivity contribution is 9.10. The number of likely N-dealkylation sites (tertiary alicyclic amines) is 1. The normalized spacial score (nSPS) is 18.3. The molecule has 1 aliphatic rings. The van der Waals surface area contributed by atoms with Crippen LogP contribution in [-0.2, 0) is 0 Å². The van der Waals surface area contributed by atoms with Crippen molar-refractivity contribution in [1.29, 1.82) is 0 Å². The van der Waals surface area contributed by atoms with Crippen molar-refractivity contribution in [2.24, 2.45) is 5.73 Å². The number of hydrogen-bond acceptors (Lipinski definition) is 6. The summed E-state index contributed by atoms with van der Waals surface area (Å²) in [6.07, 6.45) is 3.79. The molecule has 3 heterocycles. The summed E-state index contributed by atoms with van der Waals surface area (Å²) in [7, 11) is 0. The maximum absolute atomic E-state index is 6.16. The lowest BCUT2D eigenvalue weighted by atomic mass is 10.1. The van der Waals surface area contributed by atoms with Crippen LogP contribution in [0.4, 0.5) is 0 Å². The molecule has 0 aliphatic carbocycles. The van der Waals surface area contributed by atoms with Crippen LogP contribution in [0, 0.1) is 0 Å². The summed E-state index contributed by atoms with van der Waals surface area (Å²) in [4.78, 5) is 6.67. The Hall–Kier alpha value is -1.18. The quantitative estimate of drug-likeness (QED) is 0.921. The van der Waals surface area contributed by atoms with Crippen molar-refractivity contribution in [2.45, 2.75) is 25.3 Å². The predicted octanol–water partition coefficient (Wildman–Crippen LogP) is 2.58. The van der Waals surface area contributed by atoms with Gasteiger partial charge in [0.25, 0.3) is 5.89 Å². The van der Waals surface area contributed by atoms with Crippen LogP contribution in [0.1, 0.15) is 31.1 Å². The predicted molar refractivity (Wildman–Crippen MR) is 76.9 cm³/mol. The van der Waals surface area contributed by atoms with Gasteiger partial charge in [0, 0.05) is 6.54 Å². The lowest BCUT2D eigenvalue weighted by molar-refractivity contribution is 0.213. The van der Waals surface area contributed by atoms with Crippen molar-refractivity contribution in [3.8, 4) is 11.7 Å². The summed E-state index contributed by atoms with van der Waals surface area (Å²) in [5, 5.41) is 3.95. The van der Waals surface area contributed by atoms with Gasteiger partial charge in [0.1, 0.15) is 0 Å². The third-order valence-corrected chi connectivity index (χ3v) is 3.89. The molecule has 6 nitrogen and oxygen atoms in total. The Morgan fingerprint density at radius 1 is 1.30 bits per heavy atom. The zero-order valence-electron chi connectivity index (χ0n) is 11.1. The Balaban J connectivity index is 1.66. The lowest BCUT2D eigenvalue weighted by Gasteiger charge is -2.27. The van der Waals surface area contributed by atoms with E-state index in [-0.39, 0.29) is 6.04 Å². The maximum Gasteiger partial charge on any atom is 0.293 e. The standard InChI is InChI=1S/C13H17BrN4O2/c14-11-5-4-10(19-11)13-16-12(17-20-13)9(15)8-18-6-2-1-3-7-18/h4-5,9H,1-3,6-8,15H2. The number of nitrogens with zero attached hydrogens (tertiary/aromatic N) is 3. The van der Waals surface area contributed by atoms with E-state index >= 15 is 0 Å². The fourth-order valence-electron chi connectivity index (χ4n) is 2.42. The molecular weight excluding hydrogens is 324 g/mol. The number of furan rings is 1. The van der Waals surface area contributed by atoms with E-state index < -0.39 is 0 Å². The second kappa shape index (κ2) is 6.07. The molecule has 1 unspecified atom stereocenters. The molecule has 0 aromatic carbocycles. The van der Waals surface area contributed by atoms with Crippen molar-refractivity contribution in [3.63, 3.8) is 0 Å². The monoisotopic (exact) mass is 340 g/mol. The second-order valence-electron chi connectivity index (χ2n) is 5.03. The molecule has 2 N–H and O–H groups in total. The molecule has 1 saturated heterocycles. The van der Waals surface area contributed by atoms with Crippen molar-refractivity contribution in [2.75, 3.05) is 19.6 Å². The Morgan fingerprint density at radius 2 is 2.10 bits per heavy atom. The van der Waals surface area contributed by atoms with Crippen LogP contribution in [0.3, 0.4) is 0 Å². The lowest BCUT2D eigenvalue weighted by Crippen LogP contribution is -2.36. The van der Waals surface area contributed by atoms with Crippen LogP contribution in [0.5, 0.6) is 0 Å². The van der Waals surface area contributed by atoms with Crippen molar-refractivity contribution in [1.82, 2.24) is 15.0 Å². The highest BCUT2D eigenvalue weighted by atomic mass is 79.9. The van der Waals surface area contributed by atoms with Gasteiger partial charge in [-0.1, -0.05) is 11.6 Å². The maximum atomic E-state index is 6.16. The van der Waals surface area contributed by atoms with Gasteiger partial charge in [0.15, 0.2) is 16.3 Å². The third-order valence-electron chi connectivity index (χ3n) is 3.46. The molecule has 0 amide bonds. The van der Waals surface area contributed by atoms with Crippen LogP contribution in [0.2, 0.25) is 0 Å². The van der Waals surface area contributed by atoms with Gasteiger partial charge in [-0.15, -0.1) is 0 Å². The molecule has 2 aromatic rings. The molecule has 0 spiro atoms. The van der Waals surface area contributed by atoms with Crippen molar-refractivity contribution < 1.29 is 8.94 Å². The van der Waals surface area contributed by atoms with Crippen LogP contribution in [-0.4, -0.2) is 34.7 Å². The first kappa shape index (κ1) is 13.8. The summed E-state index contributed by atoms with van der Waals surface area (Å²) in [6, 6.07) is 3.33. The van der Waals surface area contributed by atoms with E-state index in [9.17, 15) is 0 Å². The van der Waals surface area contributed by atoms with Gasteiger partial charge < -0.3 is 19.6 Å². The van der Waals surface area contributed by atoms with Gasteiger partial charge in [0.2, 0.25) is 0 Å². The van der Waals surface area contributed by atoms with Crippen molar-refractivity contribution >= 4 is 15.9 Å². The summed E-state index contributed by atoms with van der Waals surface area (Å²) in [6.45, 7) is 2.97. The summed E-state index contributed by atoms with van der Waals surface area (Å²) < 4.78 is 11.2. The van der Waals surface area contributed by atoms with E-state index in [1.807, 2.05) is 0 Å². The zero-order chi connectivity index (χ0) is 13.9. The van der Waals surface area contributed by atoms with E-state index in [1.165, 1.54) is 19.3 Å². The fraction of sp³-hybridized carbons (Fsp3) is 0.538. The zero-order valence-corrected chi connectivity index (χ0v) is 12.7. The molecule has 7 heteroatoms. The summed E-state index contributed by atoms with van der Waals surface area (Å²) in [5.41, 5.74) is 6.16. The van der Waals surface area contributed by atoms with Crippen LogP contribution < -0.4 is 5.73 Å². The SMILES string of the molecule is NC(CN1CCCCC1)c1noc(-c2ccc(Br)o2)n1. The van der Waals surface area contributed by atoms with Gasteiger partial charge >= 0.3 is 0 Å². The number of rotatable bonds is 4. The molecule has 1 fully saturated rings. The average Bonchev–Trinajstić information content (AvgIpc) is 3.08. The largest absolute Gasteiger partial charge is 0.444 e. The number of hydrogen-bond donors (Lipinski definition) is 1. The summed E-state index contributed by atoms with van der Waals surface area (Å²) in [5.74, 6) is 1.43. The first-order valence-electron chi connectivity index (χ1n) is 6.79. The third kappa shape index (κ3) is 3.11. The minimum atomic E-state index is -0.232. The molecule has 0 bridgehead atoms. The van der Waals surface area contributed by atoms with E-state index in [0.29, 0.717) is 22.1 Å². The smallest absolute Gasteiger partial charge is 0.293 e. The van der Waals surface area contributed by atoms with Crippen LogP contribution >= 0.6 is 15.9 Å². The van der Waals surface area contributed by atoms with E-state index in [2.05, 4.69) is 31.0 Å². The van der Waals surface area contributed by atoms with E-state index in [4.69, 9.17) is 14.7 Å². The minimum absolute atomic E-state index is 0.232. The van der Waals surface area contributed by atoms with Gasteiger partial charge in [-0.25, -0.2) is 0 Å². The average molecular weight is 341 g/mol. The van der Waals surface area contributed by atoms with Gasteiger partial charge in [-0.3, -0.25) is 0 Å². The van der Waals surface area contributed by atoms with Gasteiger partial charge in [0.05, 0.1) is 6.04 Å². The topological polar surface area (TPSA) is 81.3 Å². The highest BCUT2D eigenvalue weighted by Crippen LogP contribution is 2.24. The minimum Gasteiger partial charge on any atom is -0.444 e. The molecule has 3 rings (SSSR count). The molecule has 108 valence electrons. The molecular formula is C13H17BrN4O2. The Morgan fingerprint density at radius 3 is 2.80 bits per heavy atom. The van der Waals surface area contributed by atoms with E-state index in [0.717, 1.165) is 19.6 Å². The van der Waals surface area contributed by atoms with Gasteiger partial charge in [-0.2, -0.15) is 4.98 Å². The molecule has 0 saturated carbocycles. The number of piperidine rings is 1. The second-order valence-corrected chi connectivity index (χ2v) is 5.81. The Kier molecular flexibility index (Phi) is 4.18. The Bertz CT molecular complexity index is 562.